The summed E-state index contributed by atoms with van der Waals surface area (Å²) in [5, 5.41) is 3.16. The molecule has 1 atom stereocenters. The Labute approximate surface area is 87.1 Å². The van der Waals surface area contributed by atoms with Crippen LogP contribution in [0.5, 0.6) is 0 Å². The predicted molar refractivity (Wildman–Crippen MR) is 55.0 cm³/mol. The molecule has 78 valence electrons. The zero-order chi connectivity index (χ0) is 9.80. The summed E-state index contributed by atoms with van der Waals surface area (Å²) < 4.78 is 18.1. The molecule has 14 heavy (non-hydrogen) atoms. The molecule has 1 aliphatic heterocycles. The van der Waals surface area contributed by atoms with E-state index in [9.17, 15) is 4.39 Å². The van der Waals surface area contributed by atoms with Gasteiger partial charge in [-0.3, -0.25) is 0 Å². The minimum atomic E-state index is -0.112. The molecule has 1 saturated heterocycles. The standard InChI is InChI=1S/C10H14FNOS/c11-10-4-3-9(14-10)7-12-6-8-2-1-5-13-8/h3-4,8,12H,1-2,5-7H2. The summed E-state index contributed by atoms with van der Waals surface area (Å²) in [4.78, 5) is 1.04. The lowest BCUT2D eigenvalue weighted by atomic mass is 10.2. The van der Waals surface area contributed by atoms with Crippen LogP contribution >= 0.6 is 11.3 Å². The summed E-state index contributed by atoms with van der Waals surface area (Å²) in [6.07, 6.45) is 2.67. The van der Waals surface area contributed by atoms with Crippen molar-refractivity contribution >= 4 is 11.3 Å². The first kappa shape index (κ1) is 10.1. The Morgan fingerprint density at radius 2 is 2.50 bits per heavy atom. The zero-order valence-corrected chi connectivity index (χ0v) is 8.78. The molecule has 0 bridgehead atoms. The molecule has 1 fully saturated rings. The van der Waals surface area contributed by atoms with Gasteiger partial charge in [-0.15, -0.1) is 11.3 Å². The van der Waals surface area contributed by atoms with Gasteiger partial charge in [0, 0.05) is 24.6 Å². The zero-order valence-electron chi connectivity index (χ0n) is 7.96. The Kier molecular flexibility index (Phi) is 3.50. The van der Waals surface area contributed by atoms with Gasteiger partial charge in [0.1, 0.15) is 0 Å². The fourth-order valence-corrected chi connectivity index (χ4v) is 2.31. The molecule has 1 N–H and O–H groups in total. The first-order valence-corrected chi connectivity index (χ1v) is 5.73. The second-order valence-corrected chi connectivity index (χ2v) is 4.59. The quantitative estimate of drug-likeness (QED) is 0.831. The first-order valence-electron chi connectivity index (χ1n) is 4.91. The van der Waals surface area contributed by atoms with E-state index in [0.29, 0.717) is 6.10 Å². The van der Waals surface area contributed by atoms with E-state index in [4.69, 9.17) is 4.74 Å². The van der Waals surface area contributed by atoms with Crippen LogP contribution in [0.15, 0.2) is 12.1 Å². The van der Waals surface area contributed by atoms with Gasteiger partial charge < -0.3 is 10.1 Å². The van der Waals surface area contributed by atoms with Gasteiger partial charge in [0.25, 0.3) is 0 Å². The van der Waals surface area contributed by atoms with Crippen molar-refractivity contribution in [2.24, 2.45) is 0 Å². The molecule has 0 aromatic carbocycles. The molecule has 0 amide bonds. The van der Waals surface area contributed by atoms with E-state index < -0.39 is 0 Å². The van der Waals surface area contributed by atoms with Crippen molar-refractivity contribution in [3.63, 3.8) is 0 Å². The van der Waals surface area contributed by atoms with E-state index in [2.05, 4.69) is 5.32 Å². The molecular weight excluding hydrogens is 201 g/mol. The van der Waals surface area contributed by atoms with E-state index in [1.54, 1.807) is 0 Å². The van der Waals surface area contributed by atoms with Crippen LogP contribution in [0.3, 0.4) is 0 Å². The van der Waals surface area contributed by atoms with Gasteiger partial charge in [-0.1, -0.05) is 0 Å². The number of hydrogen-bond acceptors (Lipinski definition) is 3. The average Bonchev–Trinajstić information content (AvgIpc) is 2.77. The molecule has 2 heterocycles. The topological polar surface area (TPSA) is 21.3 Å². The highest BCUT2D eigenvalue weighted by atomic mass is 32.1. The molecule has 2 rings (SSSR count). The van der Waals surface area contributed by atoms with Crippen molar-refractivity contribution in [2.75, 3.05) is 13.2 Å². The van der Waals surface area contributed by atoms with Crippen LogP contribution in [0.25, 0.3) is 0 Å². The molecule has 1 aliphatic rings. The summed E-state index contributed by atoms with van der Waals surface area (Å²) in [6.45, 7) is 2.51. The second kappa shape index (κ2) is 4.87. The summed E-state index contributed by atoms with van der Waals surface area (Å²) in [5.41, 5.74) is 0. The van der Waals surface area contributed by atoms with Gasteiger partial charge in [0.15, 0.2) is 5.13 Å². The van der Waals surface area contributed by atoms with Crippen molar-refractivity contribution in [3.05, 3.63) is 22.1 Å². The number of ether oxygens (including phenoxy) is 1. The molecule has 0 aliphatic carbocycles. The van der Waals surface area contributed by atoms with Gasteiger partial charge in [-0.05, 0) is 25.0 Å². The van der Waals surface area contributed by atoms with Crippen LogP contribution < -0.4 is 5.32 Å². The van der Waals surface area contributed by atoms with E-state index in [0.717, 1.165) is 31.0 Å². The lowest BCUT2D eigenvalue weighted by molar-refractivity contribution is 0.110. The highest BCUT2D eigenvalue weighted by molar-refractivity contribution is 7.10. The van der Waals surface area contributed by atoms with Crippen LogP contribution in [0.2, 0.25) is 0 Å². The largest absolute Gasteiger partial charge is 0.377 e. The SMILES string of the molecule is Fc1ccc(CNCC2CCCO2)s1. The molecule has 1 aromatic heterocycles. The van der Waals surface area contributed by atoms with Gasteiger partial charge in [0.2, 0.25) is 0 Å². The third kappa shape index (κ3) is 2.77. The van der Waals surface area contributed by atoms with Crippen LogP contribution in [0, 0.1) is 5.13 Å². The Balaban J connectivity index is 1.67. The van der Waals surface area contributed by atoms with Crippen LogP contribution in [0.1, 0.15) is 17.7 Å². The number of halogens is 1. The summed E-state index contributed by atoms with van der Waals surface area (Å²) >= 11 is 1.20. The van der Waals surface area contributed by atoms with Crippen LogP contribution in [-0.2, 0) is 11.3 Å². The lowest BCUT2D eigenvalue weighted by Gasteiger charge is -2.09. The molecule has 1 unspecified atom stereocenters. The Hall–Kier alpha value is -0.450. The second-order valence-electron chi connectivity index (χ2n) is 3.47. The number of thiophene rings is 1. The molecule has 0 spiro atoms. The summed E-state index contributed by atoms with van der Waals surface area (Å²) in [5.74, 6) is 0. The van der Waals surface area contributed by atoms with Crippen molar-refractivity contribution in [3.8, 4) is 0 Å². The van der Waals surface area contributed by atoms with Gasteiger partial charge in [-0.2, -0.15) is 4.39 Å². The van der Waals surface area contributed by atoms with E-state index in [-0.39, 0.29) is 5.13 Å². The number of hydrogen-bond donors (Lipinski definition) is 1. The van der Waals surface area contributed by atoms with E-state index >= 15 is 0 Å². The predicted octanol–water partition coefficient (Wildman–Crippen LogP) is 2.16. The maximum atomic E-state index is 12.6. The number of nitrogens with one attached hydrogen (secondary N) is 1. The minimum absolute atomic E-state index is 0.112. The van der Waals surface area contributed by atoms with Gasteiger partial charge in [-0.25, -0.2) is 0 Å². The fraction of sp³-hybridized carbons (Fsp3) is 0.600. The molecule has 1 aromatic rings. The van der Waals surface area contributed by atoms with E-state index in [1.807, 2.05) is 6.07 Å². The molecule has 4 heteroatoms. The van der Waals surface area contributed by atoms with Crippen molar-refractivity contribution < 1.29 is 9.13 Å². The minimum Gasteiger partial charge on any atom is -0.377 e. The smallest absolute Gasteiger partial charge is 0.176 e. The third-order valence-corrected chi connectivity index (χ3v) is 3.20. The molecule has 2 nitrogen and oxygen atoms in total. The van der Waals surface area contributed by atoms with Crippen molar-refractivity contribution in [1.82, 2.24) is 5.32 Å². The highest BCUT2D eigenvalue weighted by Gasteiger charge is 2.14. The van der Waals surface area contributed by atoms with Crippen LogP contribution in [0.4, 0.5) is 4.39 Å². The normalized spacial score (nSPS) is 21.6. The summed E-state index contributed by atoms with van der Waals surface area (Å²) in [7, 11) is 0. The summed E-state index contributed by atoms with van der Waals surface area (Å²) in [6, 6.07) is 3.33. The monoisotopic (exact) mass is 215 g/mol. The first-order chi connectivity index (χ1) is 6.84. The Bertz CT molecular complexity index is 283. The van der Waals surface area contributed by atoms with E-state index in [1.165, 1.54) is 23.8 Å². The molecular formula is C10H14FNOS. The lowest BCUT2D eigenvalue weighted by Crippen LogP contribution is -2.25. The van der Waals surface area contributed by atoms with Crippen molar-refractivity contribution in [1.29, 1.82) is 0 Å². The number of rotatable bonds is 4. The molecule has 0 radical (unpaired) electrons. The Morgan fingerprint density at radius 3 is 3.14 bits per heavy atom. The highest BCUT2D eigenvalue weighted by Crippen LogP contribution is 2.14. The molecule has 0 saturated carbocycles. The van der Waals surface area contributed by atoms with Gasteiger partial charge >= 0.3 is 0 Å². The Morgan fingerprint density at radius 1 is 1.57 bits per heavy atom. The van der Waals surface area contributed by atoms with Crippen molar-refractivity contribution in [2.45, 2.75) is 25.5 Å². The van der Waals surface area contributed by atoms with Crippen LogP contribution in [-0.4, -0.2) is 19.3 Å². The third-order valence-electron chi connectivity index (χ3n) is 2.32. The maximum absolute atomic E-state index is 12.6. The fourth-order valence-electron chi connectivity index (χ4n) is 1.61. The average molecular weight is 215 g/mol. The van der Waals surface area contributed by atoms with Gasteiger partial charge in [0.05, 0.1) is 6.10 Å². The maximum Gasteiger partial charge on any atom is 0.176 e.